The van der Waals surface area contributed by atoms with Crippen LogP contribution < -0.4 is 5.32 Å². The van der Waals surface area contributed by atoms with Gasteiger partial charge in [0.1, 0.15) is 6.04 Å². The molecule has 0 radical (unpaired) electrons. The summed E-state index contributed by atoms with van der Waals surface area (Å²) in [5, 5.41) is 11.6. The molecule has 1 heterocycles. The van der Waals surface area contributed by atoms with Crippen LogP contribution >= 0.6 is 0 Å². The van der Waals surface area contributed by atoms with Gasteiger partial charge in [0.05, 0.1) is 13.1 Å². The lowest BCUT2D eigenvalue weighted by Crippen LogP contribution is -2.57. The van der Waals surface area contributed by atoms with Crippen molar-refractivity contribution in [1.82, 2.24) is 10.2 Å². The zero-order valence-corrected chi connectivity index (χ0v) is 10.3. The predicted molar refractivity (Wildman–Crippen MR) is 69.3 cm³/mol. The number of rotatable bonds is 2. The van der Waals surface area contributed by atoms with E-state index in [1.54, 1.807) is 4.90 Å². The molecule has 1 unspecified atom stereocenters. The number of hydrogen-bond acceptors (Lipinski definition) is 3. The first-order valence-corrected chi connectivity index (χ1v) is 5.94. The Labute approximate surface area is 111 Å². The molecule has 0 bridgehead atoms. The molecule has 1 amide bonds. The molecule has 1 saturated heterocycles. The fourth-order valence-electron chi connectivity index (χ4n) is 1.86. The summed E-state index contributed by atoms with van der Waals surface area (Å²) < 4.78 is 0. The van der Waals surface area contributed by atoms with Gasteiger partial charge in [-0.25, -0.2) is 0 Å². The summed E-state index contributed by atoms with van der Waals surface area (Å²) in [6.45, 7) is 0.459. The van der Waals surface area contributed by atoms with E-state index in [1.165, 1.54) is 0 Å². The van der Waals surface area contributed by atoms with Gasteiger partial charge < -0.3 is 10.4 Å². The van der Waals surface area contributed by atoms with Gasteiger partial charge in [-0.3, -0.25) is 14.5 Å². The maximum atomic E-state index is 11.3. The molecule has 1 fully saturated rings. The number of carboxylic acid groups (broad SMARTS) is 1. The normalized spacial score (nSPS) is 19.2. The number of carbonyl (C=O) groups is 2. The summed E-state index contributed by atoms with van der Waals surface area (Å²) in [5.74, 6) is 4.75. The topological polar surface area (TPSA) is 69.6 Å². The van der Waals surface area contributed by atoms with Crippen LogP contribution in [0.1, 0.15) is 5.56 Å². The average molecular weight is 258 g/mol. The van der Waals surface area contributed by atoms with E-state index in [0.717, 1.165) is 5.56 Å². The number of hydrogen-bond donors (Lipinski definition) is 2. The minimum Gasteiger partial charge on any atom is -0.480 e. The first-order valence-electron chi connectivity index (χ1n) is 5.94. The molecule has 0 spiro atoms. The Morgan fingerprint density at radius 3 is 2.84 bits per heavy atom. The second kappa shape index (κ2) is 6.03. The highest BCUT2D eigenvalue weighted by Gasteiger charge is 2.30. The van der Waals surface area contributed by atoms with Crippen LogP contribution in [0.4, 0.5) is 0 Å². The fraction of sp³-hybridized carbons (Fsp3) is 0.286. The van der Waals surface area contributed by atoms with E-state index >= 15 is 0 Å². The number of piperazine rings is 1. The molecule has 2 rings (SSSR count). The largest absolute Gasteiger partial charge is 0.480 e. The van der Waals surface area contributed by atoms with Gasteiger partial charge in [0.15, 0.2) is 0 Å². The smallest absolute Gasteiger partial charge is 0.322 e. The summed E-state index contributed by atoms with van der Waals surface area (Å²) in [6, 6.07) is 8.73. The molecule has 0 aromatic heterocycles. The van der Waals surface area contributed by atoms with Crippen LogP contribution in [0.25, 0.3) is 0 Å². The number of benzene rings is 1. The summed E-state index contributed by atoms with van der Waals surface area (Å²) in [6.07, 6.45) is 0. The highest BCUT2D eigenvalue weighted by Crippen LogP contribution is 2.03. The Balaban J connectivity index is 2.02. The third-order valence-corrected chi connectivity index (χ3v) is 2.85. The molecule has 1 aliphatic heterocycles. The summed E-state index contributed by atoms with van der Waals surface area (Å²) in [7, 11) is 0. The number of amides is 1. The van der Waals surface area contributed by atoms with E-state index in [4.69, 9.17) is 5.11 Å². The lowest BCUT2D eigenvalue weighted by atomic mass is 10.2. The number of nitrogens with zero attached hydrogens (tertiary/aromatic N) is 1. The van der Waals surface area contributed by atoms with Crippen molar-refractivity contribution in [2.45, 2.75) is 6.04 Å². The van der Waals surface area contributed by atoms with Crippen LogP contribution in [0.5, 0.6) is 0 Å². The van der Waals surface area contributed by atoms with Crippen molar-refractivity contribution in [2.75, 3.05) is 19.6 Å². The Morgan fingerprint density at radius 2 is 2.16 bits per heavy atom. The van der Waals surface area contributed by atoms with E-state index in [-0.39, 0.29) is 25.5 Å². The second-order valence-corrected chi connectivity index (χ2v) is 4.23. The van der Waals surface area contributed by atoms with Crippen LogP contribution in [0.3, 0.4) is 0 Å². The Morgan fingerprint density at radius 1 is 1.42 bits per heavy atom. The van der Waals surface area contributed by atoms with Gasteiger partial charge in [0.25, 0.3) is 0 Å². The third-order valence-electron chi connectivity index (χ3n) is 2.85. The van der Waals surface area contributed by atoms with Crippen LogP contribution in [0.15, 0.2) is 30.3 Å². The molecule has 1 aromatic carbocycles. The average Bonchev–Trinajstić information content (AvgIpc) is 2.39. The van der Waals surface area contributed by atoms with Crippen LogP contribution in [0.2, 0.25) is 0 Å². The zero-order valence-electron chi connectivity index (χ0n) is 10.3. The lowest BCUT2D eigenvalue weighted by molar-refractivity contribution is -0.145. The van der Waals surface area contributed by atoms with Gasteiger partial charge in [0, 0.05) is 12.1 Å². The number of aliphatic carboxylic acids is 1. The number of carboxylic acids is 1. The molecule has 1 aromatic rings. The van der Waals surface area contributed by atoms with E-state index in [2.05, 4.69) is 17.2 Å². The molecule has 5 nitrogen and oxygen atoms in total. The molecule has 5 heteroatoms. The standard InChI is InChI=1S/C14H14N2O3/c17-13-10-16(12(9-15-13)14(18)19)8-4-7-11-5-2-1-3-6-11/h1-3,5-6,12H,8-10H2,(H,15,17)(H,18,19). The van der Waals surface area contributed by atoms with Crippen molar-refractivity contribution in [1.29, 1.82) is 0 Å². The third kappa shape index (κ3) is 3.57. The number of carbonyl (C=O) groups excluding carboxylic acids is 1. The number of nitrogens with one attached hydrogen (secondary N) is 1. The Bertz CT molecular complexity index is 531. The lowest BCUT2D eigenvalue weighted by Gasteiger charge is -2.30. The minimum absolute atomic E-state index is 0.0699. The van der Waals surface area contributed by atoms with Crippen molar-refractivity contribution in [3.05, 3.63) is 35.9 Å². The van der Waals surface area contributed by atoms with Gasteiger partial charge in [-0.15, -0.1) is 0 Å². The van der Waals surface area contributed by atoms with Crippen molar-refractivity contribution in [3.8, 4) is 11.8 Å². The second-order valence-electron chi connectivity index (χ2n) is 4.23. The van der Waals surface area contributed by atoms with Crippen molar-refractivity contribution in [2.24, 2.45) is 0 Å². The molecule has 0 aliphatic carbocycles. The van der Waals surface area contributed by atoms with E-state index in [0.29, 0.717) is 0 Å². The molecule has 1 aliphatic rings. The minimum atomic E-state index is -0.943. The molecule has 0 saturated carbocycles. The first-order chi connectivity index (χ1) is 9.16. The quantitative estimate of drug-likeness (QED) is 0.728. The molecule has 98 valence electrons. The summed E-state index contributed by atoms with van der Waals surface area (Å²) in [4.78, 5) is 23.9. The zero-order chi connectivity index (χ0) is 13.7. The molecule has 2 N–H and O–H groups in total. The van der Waals surface area contributed by atoms with Gasteiger partial charge in [-0.05, 0) is 12.1 Å². The highest BCUT2D eigenvalue weighted by atomic mass is 16.4. The predicted octanol–water partition coefficient (Wildman–Crippen LogP) is -0.0769. The molecular weight excluding hydrogens is 244 g/mol. The van der Waals surface area contributed by atoms with E-state index < -0.39 is 12.0 Å². The van der Waals surface area contributed by atoms with E-state index in [1.807, 2.05) is 30.3 Å². The SMILES string of the molecule is O=C1CN(CC#Cc2ccccc2)C(C(=O)O)CN1. The van der Waals surface area contributed by atoms with E-state index in [9.17, 15) is 9.59 Å². The Hall–Kier alpha value is -2.32. The van der Waals surface area contributed by atoms with Gasteiger partial charge in [-0.2, -0.15) is 0 Å². The maximum absolute atomic E-state index is 11.3. The van der Waals surface area contributed by atoms with Gasteiger partial charge in [0.2, 0.25) is 5.91 Å². The maximum Gasteiger partial charge on any atom is 0.322 e. The highest BCUT2D eigenvalue weighted by molar-refractivity contribution is 5.83. The van der Waals surface area contributed by atoms with Crippen molar-refractivity contribution >= 4 is 11.9 Å². The van der Waals surface area contributed by atoms with Crippen LogP contribution in [-0.4, -0.2) is 47.6 Å². The monoisotopic (exact) mass is 258 g/mol. The summed E-state index contributed by atoms with van der Waals surface area (Å²) in [5.41, 5.74) is 0.871. The molecule has 19 heavy (non-hydrogen) atoms. The Kier molecular flexibility index (Phi) is 4.16. The van der Waals surface area contributed by atoms with Gasteiger partial charge >= 0.3 is 5.97 Å². The molecule has 1 atom stereocenters. The summed E-state index contributed by atoms with van der Waals surface area (Å²) >= 11 is 0. The molecular formula is C14H14N2O3. The van der Waals surface area contributed by atoms with Crippen molar-refractivity contribution in [3.63, 3.8) is 0 Å². The van der Waals surface area contributed by atoms with Crippen LogP contribution in [-0.2, 0) is 9.59 Å². The van der Waals surface area contributed by atoms with Crippen molar-refractivity contribution < 1.29 is 14.7 Å². The fourth-order valence-corrected chi connectivity index (χ4v) is 1.86. The van der Waals surface area contributed by atoms with Crippen LogP contribution in [0, 0.1) is 11.8 Å². The first kappa shape index (κ1) is 13.1. The van der Waals surface area contributed by atoms with Gasteiger partial charge in [-0.1, -0.05) is 30.0 Å².